The standard InChI is InChI=1S/C15H12Br2ClNO2/c1-2-21-14-6-3-9(7-11(14)17)15(20)19-13-5-4-10(16)8-12(13)18/h3-8H,2H2,1H3,(H,19,20). The van der Waals surface area contributed by atoms with Gasteiger partial charge in [-0.2, -0.15) is 0 Å². The Morgan fingerprint density at radius 3 is 2.62 bits per heavy atom. The Labute approximate surface area is 144 Å². The van der Waals surface area contributed by atoms with E-state index in [1.165, 1.54) is 0 Å². The first-order valence-corrected chi connectivity index (χ1v) is 8.16. The maximum atomic E-state index is 12.2. The number of hydrogen-bond donors (Lipinski definition) is 1. The van der Waals surface area contributed by atoms with Crippen LogP contribution in [0.5, 0.6) is 5.75 Å². The summed E-state index contributed by atoms with van der Waals surface area (Å²) < 4.78 is 7.01. The molecule has 0 aliphatic carbocycles. The van der Waals surface area contributed by atoms with Crippen LogP contribution in [0.15, 0.2) is 45.3 Å². The van der Waals surface area contributed by atoms with Crippen molar-refractivity contribution in [1.29, 1.82) is 0 Å². The SMILES string of the molecule is CCOc1ccc(C(=O)Nc2ccc(Br)cc2Cl)cc1Br. The summed E-state index contributed by atoms with van der Waals surface area (Å²) in [5, 5.41) is 3.25. The van der Waals surface area contributed by atoms with E-state index in [0.717, 1.165) is 8.95 Å². The van der Waals surface area contributed by atoms with E-state index >= 15 is 0 Å². The predicted octanol–water partition coefficient (Wildman–Crippen LogP) is 5.52. The van der Waals surface area contributed by atoms with Crippen molar-refractivity contribution in [1.82, 2.24) is 0 Å². The van der Waals surface area contributed by atoms with Crippen molar-refractivity contribution in [3.8, 4) is 5.75 Å². The van der Waals surface area contributed by atoms with Crippen LogP contribution in [0.3, 0.4) is 0 Å². The van der Waals surface area contributed by atoms with Crippen molar-refractivity contribution < 1.29 is 9.53 Å². The van der Waals surface area contributed by atoms with Crippen LogP contribution in [0.2, 0.25) is 5.02 Å². The van der Waals surface area contributed by atoms with Gasteiger partial charge in [-0.1, -0.05) is 27.5 Å². The number of halogens is 3. The molecule has 0 spiro atoms. The lowest BCUT2D eigenvalue weighted by molar-refractivity contribution is 0.102. The highest BCUT2D eigenvalue weighted by Gasteiger charge is 2.11. The lowest BCUT2D eigenvalue weighted by Gasteiger charge is -2.10. The van der Waals surface area contributed by atoms with Crippen molar-refractivity contribution in [2.24, 2.45) is 0 Å². The molecule has 0 aliphatic rings. The Morgan fingerprint density at radius 1 is 1.24 bits per heavy atom. The second kappa shape index (κ2) is 7.29. The van der Waals surface area contributed by atoms with Gasteiger partial charge in [-0.15, -0.1) is 0 Å². The molecule has 0 fully saturated rings. The molecular weight excluding hydrogens is 421 g/mol. The number of amides is 1. The minimum atomic E-state index is -0.233. The second-order valence-corrected chi connectivity index (χ2v) is 6.33. The molecule has 0 heterocycles. The molecule has 0 saturated carbocycles. The van der Waals surface area contributed by atoms with E-state index < -0.39 is 0 Å². The van der Waals surface area contributed by atoms with Gasteiger partial charge in [0.2, 0.25) is 0 Å². The van der Waals surface area contributed by atoms with Gasteiger partial charge in [0, 0.05) is 10.0 Å². The number of anilines is 1. The molecule has 0 aliphatic heterocycles. The van der Waals surface area contributed by atoms with Gasteiger partial charge in [0.15, 0.2) is 0 Å². The van der Waals surface area contributed by atoms with E-state index in [2.05, 4.69) is 37.2 Å². The number of carbonyl (C=O) groups excluding carboxylic acids is 1. The Bertz CT molecular complexity index is 677. The maximum absolute atomic E-state index is 12.2. The number of ether oxygens (including phenoxy) is 1. The van der Waals surface area contributed by atoms with E-state index in [9.17, 15) is 4.79 Å². The number of nitrogens with one attached hydrogen (secondary N) is 1. The molecule has 1 N–H and O–H groups in total. The van der Waals surface area contributed by atoms with E-state index in [0.29, 0.717) is 28.6 Å². The topological polar surface area (TPSA) is 38.3 Å². The maximum Gasteiger partial charge on any atom is 0.255 e. The summed E-state index contributed by atoms with van der Waals surface area (Å²) in [6.45, 7) is 2.47. The molecule has 0 aromatic heterocycles. The molecule has 0 unspecified atom stereocenters. The summed E-state index contributed by atoms with van der Waals surface area (Å²) in [6, 6.07) is 10.5. The molecule has 2 aromatic carbocycles. The average Bonchev–Trinajstić information content (AvgIpc) is 2.44. The first kappa shape index (κ1) is 16.3. The Morgan fingerprint density at radius 2 is 2.00 bits per heavy atom. The van der Waals surface area contributed by atoms with Gasteiger partial charge in [0.25, 0.3) is 5.91 Å². The summed E-state index contributed by atoms with van der Waals surface area (Å²) >= 11 is 12.8. The van der Waals surface area contributed by atoms with Crippen LogP contribution >= 0.6 is 43.5 Å². The minimum Gasteiger partial charge on any atom is -0.493 e. The Balaban J connectivity index is 2.18. The summed E-state index contributed by atoms with van der Waals surface area (Å²) in [5.74, 6) is 0.471. The van der Waals surface area contributed by atoms with Crippen molar-refractivity contribution in [3.05, 3.63) is 55.9 Å². The van der Waals surface area contributed by atoms with Crippen LogP contribution in [0, 0.1) is 0 Å². The third-order valence-electron chi connectivity index (χ3n) is 2.67. The molecule has 110 valence electrons. The molecular formula is C15H12Br2ClNO2. The van der Waals surface area contributed by atoms with Crippen LogP contribution in [-0.2, 0) is 0 Å². The summed E-state index contributed by atoms with van der Waals surface area (Å²) in [5.41, 5.74) is 1.08. The Hall–Kier alpha value is -1.04. The molecule has 0 atom stereocenters. The zero-order chi connectivity index (χ0) is 15.4. The largest absolute Gasteiger partial charge is 0.493 e. The number of hydrogen-bond acceptors (Lipinski definition) is 2. The highest BCUT2D eigenvalue weighted by molar-refractivity contribution is 9.10. The fourth-order valence-electron chi connectivity index (χ4n) is 1.70. The lowest BCUT2D eigenvalue weighted by Crippen LogP contribution is -2.12. The summed E-state index contributed by atoms with van der Waals surface area (Å²) in [7, 11) is 0. The molecule has 2 rings (SSSR count). The highest BCUT2D eigenvalue weighted by atomic mass is 79.9. The molecule has 0 radical (unpaired) electrons. The fraction of sp³-hybridized carbons (Fsp3) is 0.133. The molecule has 2 aromatic rings. The van der Waals surface area contributed by atoms with E-state index in [1.54, 1.807) is 30.3 Å². The molecule has 0 bridgehead atoms. The minimum absolute atomic E-state index is 0.233. The third-order valence-corrected chi connectivity index (χ3v) is 4.10. The van der Waals surface area contributed by atoms with E-state index in [4.69, 9.17) is 16.3 Å². The average molecular weight is 434 g/mol. The second-order valence-electron chi connectivity index (χ2n) is 4.16. The van der Waals surface area contributed by atoms with Crippen LogP contribution < -0.4 is 10.1 Å². The Kier molecular flexibility index (Phi) is 5.67. The van der Waals surface area contributed by atoms with Crippen molar-refractivity contribution in [3.63, 3.8) is 0 Å². The van der Waals surface area contributed by atoms with Gasteiger partial charge in [0.1, 0.15) is 5.75 Å². The van der Waals surface area contributed by atoms with Gasteiger partial charge in [-0.3, -0.25) is 4.79 Å². The van der Waals surface area contributed by atoms with Gasteiger partial charge in [-0.05, 0) is 59.3 Å². The molecule has 0 saturated heterocycles. The van der Waals surface area contributed by atoms with Crippen molar-refractivity contribution in [2.45, 2.75) is 6.92 Å². The summed E-state index contributed by atoms with van der Waals surface area (Å²) in [6.07, 6.45) is 0. The predicted molar refractivity (Wildman–Crippen MR) is 92.4 cm³/mol. The third kappa shape index (κ3) is 4.22. The first-order valence-electron chi connectivity index (χ1n) is 6.20. The van der Waals surface area contributed by atoms with Gasteiger partial charge in [-0.25, -0.2) is 0 Å². The number of benzene rings is 2. The molecule has 1 amide bonds. The summed E-state index contributed by atoms with van der Waals surface area (Å²) in [4.78, 5) is 12.2. The quantitative estimate of drug-likeness (QED) is 0.690. The van der Waals surface area contributed by atoms with Crippen LogP contribution in [0.25, 0.3) is 0 Å². The van der Waals surface area contributed by atoms with Gasteiger partial charge < -0.3 is 10.1 Å². The zero-order valence-corrected chi connectivity index (χ0v) is 15.0. The number of rotatable bonds is 4. The monoisotopic (exact) mass is 431 g/mol. The highest BCUT2D eigenvalue weighted by Crippen LogP contribution is 2.28. The molecule has 6 heteroatoms. The normalized spacial score (nSPS) is 10.3. The zero-order valence-electron chi connectivity index (χ0n) is 11.1. The molecule has 21 heavy (non-hydrogen) atoms. The van der Waals surface area contributed by atoms with Crippen LogP contribution in [-0.4, -0.2) is 12.5 Å². The van der Waals surface area contributed by atoms with E-state index in [1.807, 2.05) is 13.0 Å². The van der Waals surface area contributed by atoms with Crippen molar-refractivity contribution >= 4 is 55.1 Å². The fourth-order valence-corrected chi connectivity index (χ4v) is 2.91. The van der Waals surface area contributed by atoms with Crippen LogP contribution in [0.1, 0.15) is 17.3 Å². The number of carbonyl (C=O) groups is 1. The smallest absolute Gasteiger partial charge is 0.255 e. The van der Waals surface area contributed by atoms with Crippen molar-refractivity contribution in [2.75, 3.05) is 11.9 Å². The molecule has 3 nitrogen and oxygen atoms in total. The first-order chi connectivity index (χ1) is 10.0. The van der Waals surface area contributed by atoms with Gasteiger partial charge in [0.05, 0.1) is 21.8 Å². The van der Waals surface area contributed by atoms with E-state index in [-0.39, 0.29) is 5.91 Å². The van der Waals surface area contributed by atoms with Crippen LogP contribution in [0.4, 0.5) is 5.69 Å². The van der Waals surface area contributed by atoms with Gasteiger partial charge >= 0.3 is 0 Å². The lowest BCUT2D eigenvalue weighted by atomic mass is 10.2.